The molecule has 0 aliphatic rings. The van der Waals surface area contributed by atoms with E-state index >= 15 is 0 Å². The van der Waals surface area contributed by atoms with E-state index in [1.54, 1.807) is 0 Å². The highest BCUT2D eigenvalue weighted by Gasteiger charge is 2.17. The van der Waals surface area contributed by atoms with Crippen LogP contribution in [0, 0.1) is 0 Å². The van der Waals surface area contributed by atoms with Gasteiger partial charge in [0.2, 0.25) is 0 Å². The molecule has 0 aliphatic carbocycles. The summed E-state index contributed by atoms with van der Waals surface area (Å²) in [7, 11) is 0. The van der Waals surface area contributed by atoms with E-state index in [0.29, 0.717) is 5.82 Å². The van der Waals surface area contributed by atoms with Crippen molar-refractivity contribution >= 4 is 60.7 Å². The number of hydrogen-bond acceptors (Lipinski definition) is 4. The molecular formula is C54H35N3O. The Kier molecular flexibility index (Phi) is 8.11. The molecule has 11 rings (SSSR count). The molecule has 0 radical (unpaired) electrons. The Bertz CT molecular complexity index is 3160. The van der Waals surface area contributed by atoms with Gasteiger partial charge in [-0.05, 0) is 118 Å². The third kappa shape index (κ3) is 6.05. The van der Waals surface area contributed by atoms with Gasteiger partial charge in [0.25, 0.3) is 0 Å². The van der Waals surface area contributed by atoms with E-state index in [0.717, 1.165) is 72.1 Å². The molecule has 58 heavy (non-hydrogen) atoms. The minimum Gasteiger partial charge on any atom is -0.456 e. The molecule has 11 aromatic rings. The van der Waals surface area contributed by atoms with E-state index in [9.17, 15) is 0 Å². The average Bonchev–Trinajstić information content (AvgIpc) is 3.65. The molecule has 0 atom stereocenters. The smallest absolute Gasteiger partial charge is 0.160 e. The van der Waals surface area contributed by atoms with Crippen LogP contribution < -0.4 is 4.90 Å². The fraction of sp³-hybridized carbons (Fsp3) is 0. The van der Waals surface area contributed by atoms with Gasteiger partial charge in [-0.2, -0.15) is 0 Å². The Balaban J connectivity index is 0.988. The fourth-order valence-corrected chi connectivity index (χ4v) is 8.11. The van der Waals surface area contributed by atoms with Gasteiger partial charge >= 0.3 is 0 Å². The van der Waals surface area contributed by atoms with Crippen molar-refractivity contribution in [3.05, 3.63) is 212 Å². The molecule has 0 spiro atoms. The minimum absolute atomic E-state index is 0.675. The Morgan fingerprint density at radius 3 is 1.43 bits per heavy atom. The lowest BCUT2D eigenvalue weighted by atomic mass is 10.0. The number of benzene rings is 9. The monoisotopic (exact) mass is 741 g/mol. The first-order valence-corrected chi connectivity index (χ1v) is 19.6. The second-order valence-electron chi connectivity index (χ2n) is 14.6. The fourth-order valence-electron chi connectivity index (χ4n) is 8.11. The molecule has 0 N–H and O–H groups in total. The third-order valence-corrected chi connectivity index (χ3v) is 11.1. The molecule has 0 amide bonds. The Morgan fingerprint density at radius 2 is 0.810 bits per heavy atom. The van der Waals surface area contributed by atoms with Crippen molar-refractivity contribution in [1.82, 2.24) is 9.97 Å². The van der Waals surface area contributed by atoms with E-state index < -0.39 is 0 Å². The van der Waals surface area contributed by atoms with Crippen molar-refractivity contribution in [2.75, 3.05) is 4.90 Å². The van der Waals surface area contributed by atoms with Crippen LogP contribution in [-0.4, -0.2) is 9.97 Å². The number of nitrogens with zero attached hydrogens (tertiary/aromatic N) is 3. The predicted octanol–water partition coefficient (Wildman–Crippen LogP) is 14.8. The predicted molar refractivity (Wildman–Crippen MR) is 241 cm³/mol. The Labute approximate surface area is 335 Å². The number of hydrogen-bond donors (Lipinski definition) is 0. The molecule has 0 fully saturated rings. The van der Waals surface area contributed by atoms with Crippen LogP contribution in [-0.2, 0) is 0 Å². The summed E-state index contributed by atoms with van der Waals surface area (Å²) in [6.45, 7) is 0. The van der Waals surface area contributed by atoms with Crippen LogP contribution in [0.3, 0.4) is 0 Å². The van der Waals surface area contributed by atoms with Crippen LogP contribution in [0.5, 0.6) is 0 Å². The Morgan fingerprint density at radius 1 is 0.328 bits per heavy atom. The molecule has 0 saturated carbocycles. The summed E-state index contributed by atoms with van der Waals surface area (Å²) in [6.07, 6.45) is 0. The molecule has 4 nitrogen and oxygen atoms in total. The topological polar surface area (TPSA) is 42.2 Å². The van der Waals surface area contributed by atoms with Crippen molar-refractivity contribution in [3.8, 4) is 44.9 Å². The van der Waals surface area contributed by atoms with Crippen molar-refractivity contribution in [1.29, 1.82) is 0 Å². The van der Waals surface area contributed by atoms with E-state index in [4.69, 9.17) is 14.4 Å². The quantitative estimate of drug-likeness (QED) is 0.163. The van der Waals surface area contributed by atoms with Gasteiger partial charge in [-0.3, -0.25) is 0 Å². The number of anilines is 3. The number of para-hydroxylation sites is 1. The molecule has 0 bridgehead atoms. The van der Waals surface area contributed by atoms with Gasteiger partial charge in [0.15, 0.2) is 5.82 Å². The first kappa shape index (κ1) is 33.5. The Hall–Kier alpha value is -7.82. The maximum Gasteiger partial charge on any atom is 0.160 e. The van der Waals surface area contributed by atoms with Gasteiger partial charge in [-0.25, -0.2) is 9.97 Å². The first-order valence-electron chi connectivity index (χ1n) is 19.6. The van der Waals surface area contributed by atoms with E-state index in [1.807, 2.05) is 6.07 Å². The normalized spacial score (nSPS) is 11.4. The zero-order valence-electron chi connectivity index (χ0n) is 31.5. The van der Waals surface area contributed by atoms with E-state index in [2.05, 4.69) is 211 Å². The maximum atomic E-state index is 6.34. The second-order valence-corrected chi connectivity index (χ2v) is 14.6. The van der Waals surface area contributed by atoms with Gasteiger partial charge in [-0.1, -0.05) is 127 Å². The molecule has 0 unspecified atom stereocenters. The molecule has 0 saturated heterocycles. The summed E-state index contributed by atoms with van der Waals surface area (Å²) in [5.74, 6) is 0.675. The largest absolute Gasteiger partial charge is 0.456 e. The number of aromatic nitrogens is 2. The summed E-state index contributed by atoms with van der Waals surface area (Å²) in [4.78, 5) is 12.7. The zero-order chi connectivity index (χ0) is 38.4. The summed E-state index contributed by atoms with van der Waals surface area (Å²) in [6, 6.07) is 74.6. The standard InChI is InChI=1S/C54H35N3O/c1-3-11-36(12-4-1)38-19-26-44(27-20-38)57(45-28-21-39(22-29-45)37-13-5-2-6-14-37)46-30-23-40(24-31-46)54-55-50-18-10-9-17-47(50)53(56-54)43-25-32-51-48(34-43)49-33-41-15-7-8-16-42(41)35-52(49)58-51/h1-35H. The van der Waals surface area contributed by atoms with Gasteiger partial charge in [0.1, 0.15) is 11.2 Å². The summed E-state index contributed by atoms with van der Waals surface area (Å²) < 4.78 is 6.34. The van der Waals surface area contributed by atoms with Crippen molar-refractivity contribution in [2.24, 2.45) is 0 Å². The molecule has 9 aromatic carbocycles. The van der Waals surface area contributed by atoms with Gasteiger partial charge in [0, 0.05) is 44.3 Å². The summed E-state index contributed by atoms with van der Waals surface area (Å²) >= 11 is 0. The SMILES string of the molecule is c1ccc(-c2ccc(N(c3ccc(-c4ccccc4)cc3)c3ccc(-c4nc(-c5ccc6oc7cc8ccccc8cc7c6c5)c5ccccc5n4)cc3)cc2)cc1. The van der Waals surface area contributed by atoms with Crippen molar-refractivity contribution < 1.29 is 4.42 Å². The van der Waals surface area contributed by atoms with Crippen LogP contribution in [0.15, 0.2) is 217 Å². The lowest BCUT2D eigenvalue weighted by Crippen LogP contribution is -2.09. The van der Waals surface area contributed by atoms with Crippen LogP contribution in [0.1, 0.15) is 0 Å². The third-order valence-electron chi connectivity index (χ3n) is 11.1. The molecule has 2 heterocycles. The highest BCUT2D eigenvalue weighted by Crippen LogP contribution is 2.39. The molecule has 4 heteroatoms. The van der Waals surface area contributed by atoms with E-state index in [1.165, 1.54) is 27.6 Å². The number of fused-ring (bicyclic) bond motifs is 5. The molecule has 0 aliphatic heterocycles. The zero-order valence-corrected chi connectivity index (χ0v) is 31.5. The van der Waals surface area contributed by atoms with Gasteiger partial charge in [-0.15, -0.1) is 0 Å². The van der Waals surface area contributed by atoms with Crippen LogP contribution in [0.4, 0.5) is 17.1 Å². The molecular weight excluding hydrogens is 707 g/mol. The van der Waals surface area contributed by atoms with Crippen molar-refractivity contribution in [3.63, 3.8) is 0 Å². The lowest BCUT2D eigenvalue weighted by Gasteiger charge is -2.26. The molecule has 2 aromatic heterocycles. The second kappa shape index (κ2) is 14.0. The highest BCUT2D eigenvalue weighted by molar-refractivity contribution is 6.11. The molecule has 272 valence electrons. The van der Waals surface area contributed by atoms with Gasteiger partial charge < -0.3 is 9.32 Å². The van der Waals surface area contributed by atoms with Gasteiger partial charge in [0.05, 0.1) is 11.2 Å². The highest BCUT2D eigenvalue weighted by atomic mass is 16.3. The van der Waals surface area contributed by atoms with Crippen LogP contribution in [0.25, 0.3) is 88.5 Å². The number of furan rings is 1. The summed E-state index contributed by atoms with van der Waals surface area (Å²) in [5, 5.41) is 5.52. The average molecular weight is 742 g/mol. The van der Waals surface area contributed by atoms with Crippen LogP contribution >= 0.6 is 0 Å². The first-order chi connectivity index (χ1) is 28.7. The van der Waals surface area contributed by atoms with E-state index in [-0.39, 0.29) is 0 Å². The van der Waals surface area contributed by atoms with Crippen molar-refractivity contribution in [2.45, 2.75) is 0 Å². The maximum absolute atomic E-state index is 6.34. The lowest BCUT2D eigenvalue weighted by molar-refractivity contribution is 0.669. The number of rotatable bonds is 7. The summed E-state index contributed by atoms with van der Waals surface area (Å²) in [5.41, 5.74) is 13.4. The van der Waals surface area contributed by atoms with Crippen LogP contribution in [0.2, 0.25) is 0 Å². The minimum atomic E-state index is 0.675.